The molecule has 1 aliphatic rings. The van der Waals surface area contributed by atoms with Gasteiger partial charge in [-0.15, -0.1) is 11.3 Å². The fourth-order valence-electron chi connectivity index (χ4n) is 2.87. The van der Waals surface area contributed by atoms with Crippen LogP contribution in [0.1, 0.15) is 22.9 Å². The molecule has 1 unspecified atom stereocenters. The first-order valence-corrected chi connectivity index (χ1v) is 9.67. The van der Waals surface area contributed by atoms with Crippen molar-refractivity contribution in [1.29, 1.82) is 0 Å². The maximum absolute atomic E-state index is 12.9. The maximum Gasteiger partial charge on any atom is 0.262 e. The van der Waals surface area contributed by atoms with Crippen LogP contribution < -0.4 is 0 Å². The van der Waals surface area contributed by atoms with Crippen molar-refractivity contribution in [3.8, 4) is 0 Å². The fraction of sp³-hybridized carbons (Fsp3) is 0.316. The molecule has 1 aliphatic heterocycles. The molecule has 0 saturated carbocycles. The number of rotatable bonds is 6. The zero-order valence-corrected chi connectivity index (χ0v) is 16.7. The molecule has 3 rings (SSSR count). The molecule has 0 saturated heterocycles. The van der Waals surface area contributed by atoms with E-state index in [9.17, 15) is 9.59 Å². The number of carbonyl (C=O) groups excluding carboxylic acids is 2. The number of likely N-dealkylation sites (N-methyl/N-ethyl adjacent to an activating group) is 1. The lowest BCUT2D eigenvalue weighted by molar-refractivity contribution is -0.142. The third-order valence-corrected chi connectivity index (χ3v) is 5.46. The van der Waals surface area contributed by atoms with Crippen LogP contribution in [0.5, 0.6) is 0 Å². The highest BCUT2D eigenvalue weighted by atomic mass is 35.5. The number of hydrazone groups is 1. The topological polar surface area (TPSA) is 62.2 Å². The van der Waals surface area contributed by atoms with Gasteiger partial charge in [-0.3, -0.25) is 9.59 Å². The summed E-state index contributed by atoms with van der Waals surface area (Å²) >= 11 is 7.59. The maximum atomic E-state index is 12.9. The predicted molar refractivity (Wildman–Crippen MR) is 106 cm³/mol. The van der Waals surface area contributed by atoms with Crippen LogP contribution in [0.25, 0.3) is 0 Å². The molecule has 8 heteroatoms. The number of ether oxygens (including phenoxy) is 1. The van der Waals surface area contributed by atoms with Crippen LogP contribution in [-0.4, -0.2) is 54.7 Å². The summed E-state index contributed by atoms with van der Waals surface area (Å²) in [6.07, 6.45) is 0.615. The van der Waals surface area contributed by atoms with Crippen LogP contribution >= 0.6 is 22.9 Å². The standard InChI is InChI=1S/C19H20ClN3O3S/c1-22(19(25)12-26-2)11-18(24)23-16(13-5-7-14(20)8-6-13)10-15(21-23)17-4-3-9-27-17/h3-9,16H,10-12H2,1-2H3. The van der Waals surface area contributed by atoms with Gasteiger partial charge < -0.3 is 9.64 Å². The molecule has 0 radical (unpaired) electrons. The number of carbonyl (C=O) groups is 2. The molecule has 2 amide bonds. The Balaban J connectivity index is 1.83. The summed E-state index contributed by atoms with van der Waals surface area (Å²) < 4.78 is 4.84. The van der Waals surface area contributed by atoms with Crippen molar-refractivity contribution < 1.29 is 14.3 Å². The average molecular weight is 406 g/mol. The van der Waals surface area contributed by atoms with Gasteiger partial charge in [-0.05, 0) is 29.1 Å². The predicted octanol–water partition coefficient (Wildman–Crippen LogP) is 3.18. The van der Waals surface area contributed by atoms with Gasteiger partial charge in [-0.2, -0.15) is 5.10 Å². The van der Waals surface area contributed by atoms with Crippen molar-refractivity contribution in [3.63, 3.8) is 0 Å². The summed E-state index contributed by atoms with van der Waals surface area (Å²) in [4.78, 5) is 27.2. The first kappa shape index (κ1) is 19.5. The Morgan fingerprint density at radius 1 is 1.33 bits per heavy atom. The van der Waals surface area contributed by atoms with Gasteiger partial charge in [0.05, 0.1) is 16.6 Å². The smallest absolute Gasteiger partial charge is 0.262 e. The van der Waals surface area contributed by atoms with E-state index in [1.54, 1.807) is 30.5 Å². The van der Waals surface area contributed by atoms with Crippen molar-refractivity contribution in [2.75, 3.05) is 27.3 Å². The largest absolute Gasteiger partial charge is 0.375 e. The lowest BCUT2D eigenvalue weighted by Crippen LogP contribution is -2.40. The number of nitrogens with zero attached hydrogens (tertiary/aromatic N) is 3. The molecule has 1 aromatic heterocycles. The van der Waals surface area contributed by atoms with Crippen LogP contribution in [0.3, 0.4) is 0 Å². The van der Waals surface area contributed by atoms with E-state index in [-0.39, 0.29) is 31.0 Å². The van der Waals surface area contributed by atoms with E-state index >= 15 is 0 Å². The van der Waals surface area contributed by atoms with E-state index < -0.39 is 0 Å². The Kier molecular flexibility index (Phi) is 6.26. The zero-order valence-electron chi connectivity index (χ0n) is 15.1. The first-order chi connectivity index (χ1) is 13.0. The molecule has 2 heterocycles. The molecule has 0 fully saturated rings. The third-order valence-electron chi connectivity index (χ3n) is 4.29. The minimum Gasteiger partial charge on any atom is -0.375 e. The molecule has 2 aromatic rings. The molecule has 0 N–H and O–H groups in total. The van der Waals surface area contributed by atoms with E-state index in [0.717, 1.165) is 16.2 Å². The molecule has 1 atom stereocenters. The van der Waals surface area contributed by atoms with Gasteiger partial charge in [-0.25, -0.2) is 5.01 Å². The molecular formula is C19H20ClN3O3S. The molecular weight excluding hydrogens is 386 g/mol. The molecule has 6 nitrogen and oxygen atoms in total. The number of methoxy groups -OCH3 is 1. The van der Waals surface area contributed by atoms with Gasteiger partial charge in [-0.1, -0.05) is 29.8 Å². The van der Waals surface area contributed by atoms with Gasteiger partial charge in [0.25, 0.3) is 5.91 Å². The molecule has 0 spiro atoms. The Bertz CT molecular complexity index is 836. The van der Waals surface area contributed by atoms with E-state index in [0.29, 0.717) is 11.4 Å². The highest BCUT2D eigenvalue weighted by molar-refractivity contribution is 7.12. The minimum atomic E-state index is -0.254. The van der Waals surface area contributed by atoms with Gasteiger partial charge >= 0.3 is 0 Å². The lowest BCUT2D eigenvalue weighted by Gasteiger charge is -2.24. The monoisotopic (exact) mass is 405 g/mol. The third kappa shape index (κ3) is 4.55. The van der Waals surface area contributed by atoms with Crippen molar-refractivity contribution in [2.45, 2.75) is 12.5 Å². The van der Waals surface area contributed by atoms with E-state index in [1.807, 2.05) is 29.6 Å². The SMILES string of the molecule is COCC(=O)N(C)CC(=O)N1N=C(c2cccs2)CC1c1ccc(Cl)cc1. The second-order valence-corrected chi connectivity index (χ2v) is 7.60. The summed E-state index contributed by atoms with van der Waals surface area (Å²) in [5.74, 6) is -0.496. The number of hydrogen-bond donors (Lipinski definition) is 0. The van der Waals surface area contributed by atoms with Crippen LogP contribution in [0.2, 0.25) is 5.02 Å². The van der Waals surface area contributed by atoms with Crippen LogP contribution in [0.4, 0.5) is 0 Å². The van der Waals surface area contributed by atoms with Crippen molar-refractivity contribution >= 4 is 40.5 Å². The highest BCUT2D eigenvalue weighted by Gasteiger charge is 2.34. The van der Waals surface area contributed by atoms with Gasteiger partial charge in [0.2, 0.25) is 5.91 Å². The summed E-state index contributed by atoms with van der Waals surface area (Å²) in [6.45, 7) is -0.123. The fourth-order valence-corrected chi connectivity index (χ4v) is 3.72. The Morgan fingerprint density at radius 3 is 2.70 bits per heavy atom. The highest BCUT2D eigenvalue weighted by Crippen LogP contribution is 2.34. The average Bonchev–Trinajstić information content (AvgIpc) is 3.32. The van der Waals surface area contributed by atoms with Crippen molar-refractivity contribution in [2.24, 2.45) is 5.10 Å². The Morgan fingerprint density at radius 2 is 2.07 bits per heavy atom. The second kappa shape index (κ2) is 8.65. The Hall–Kier alpha value is -2.22. The summed E-state index contributed by atoms with van der Waals surface area (Å²) in [7, 11) is 3.03. The number of amides is 2. The summed E-state index contributed by atoms with van der Waals surface area (Å²) in [6, 6.07) is 11.1. The molecule has 142 valence electrons. The first-order valence-electron chi connectivity index (χ1n) is 8.41. The normalized spacial score (nSPS) is 16.3. The molecule has 27 heavy (non-hydrogen) atoms. The lowest BCUT2D eigenvalue weighted by atomic mass is 10.0. The number of halogens is 1. The van der Waals surface area contributed by atoms with E-state index in [1.165, 1.54) is 17.0 Å². The second-order valence-electron chi connectivity index (χ2n) is 6.22. The molecule has 0 bridgehead atoms. The van der Waals surface area contributed by atoms with Gasteiger partial charge in [0.1, 0.15) is 13.2 Å². The summed E-state index contributed by atoms with van der Waals surface area (Å²) in [5.41, 5.74) is 1.82. The van der Waals surface area contributed by atoms with Gasteiger partial charge in [0.15, 0.2) is 0 Å². The molecule has 1 aromatic carbocycles. The zero-order chi connectivity index (χ0) is 19.4. The van der Waals surface area contributed by atoms with Crippen LogP contribution in [0, 0.1) is 0 Å². The van der Waals surface area contributed by atoms with Crippen LogP contribution in [0.15, 0.2) is 46.9 Å². The van der Waals surface area contributed by atoms with Gasteiger partial charge in [0, 0.05) is 25.6 Å². The van der Waals surface area contributed by atoms with E-state index in [2.05, 4.69) is 5.10 Å². The van der Waals surface area contributed by atoms with Crippen LogP contribution in [-0.2, 0) is 14.3 Å². The molecule has 0 aliphatic carbocycles. The summed E-state index contributed by atoms with van der Waals surface area (Å²) in [5, 5.41) is 8.68. The van der Waals surface area contributed by atoms with Crippen molar-refractivity contribution in [1.82, 2.24) is 9.91 Å². The number of thiophene rings is 1. The van der Waals surface area contributed by atoms with Crippen molar-refractivity contribution in [3.05, 3.63) is 57.2 Å². The number of hydrogen-bond acceptors (Lipinski definition) is 5. The Labute approximate surface area is 167 Å². The van der Waals surface area contributed by atoms with E-state index in [4.69, 9.17) is 16.3 Å². The minimum absolute atomic E-state index is 0.0614. The number of benzene rings is 1. The quantitative estimate of drug-likeness (QED) is 0.741.